The lowest BCUT2D eigenvalue weighted by Gasteiger charge is -2.38. The lowest BCUT2D eigenvalue weighted by atomic mass is 9.98. The molecular weight excluding hydrogens is 612 g/mol. The van der Waals surface area contributed by atoms with Gasteiger partial charge < -0.3 is 20.1 Å². The topological polar surface area (TPSA) is 122 Å². The van der Waals surface area contributed by atoms with Crippen LogP contribution in [-0.4, -0.2) is 70.1 Å². The molecule has 2 aromatic carbocycles. The molecule has 0 spiro atoms. The standard InChI is InChI=1S/C34H39ClN4O5S/c1-39(21-24-9-13-25(35)14-10-24)19-5-6-26(22-39)38(29(32(36)41)20-23-11-15-27(40)16-12-23)34(43)37-31-18-17-30(45-31)33(42)44-28-7-3-2-4-8-28/h9-18,28-29H,2-8,19-22H2,1H3,(H2-2,36,37,40,41,42,43)/p+2/b38-26-/t29-,39?/m0/s1. The molecule has 3 amide bonds. The summed E-state index contributed by atoms with van der Waals surface area (Å²) < 4.78 is 7.88. The second-order valence-electron chi connectivity index (χ2n) is 12.4. The number of piperidine rings is 1. The van der Waals surface area contributed by atoms with E-state index in [1.54, 1.807) is 36.4 Å². The number of esters is 1. The Kier molecular flexibility index (Phi) is 10.6. The fourth-order valence-corrected chi connectivity index (χ4v) is 7.28. The Balaban J connectivity index is 1.42. The summed E-state index contributed by atoms with van der Waals surface area (Å²) in [4.78, 5) is 40.4. The maximum Gasteiger partial charge on any atom is 0.497 e. The van der Waals surface area contributed by atoms with Crippen LogP contribution >= 0.6 is 22.9 Å². The first-order valence-electron chi connectivity index (χ1n) is 15.5. The molecule has 1 saturated carbocycles. The van der Waals surface area contributed by atoms with Crippen LogP contribution in [-0.2, 0) is 22.5 Å². The first-order chi connectivity index (χ1) is 21.6. The minimum absolute atomic E-state index is 0.0684. The molecule has 5 rings (SSSR count). The van der Waals surface area contributed by atoms with Crippen molar-refractivity contribution in [3.8, 4) is 5.75 Å². The third-order valence-electron chi connectivity index (χ3n) is 8.63. The van der Waals surface area contributed by atoms with Crippen LogP contribution in [0.3, 0.4) is 0 Å². The Hall–Kier alpha value is -3.73. The van der Waals surface area contributed by atoms with E-state index in [-0.39, 0.29) is 24.2 Å². The predicted octanol–water partition coefficient (Wildman–Crippen LogP) is 6.12. The third kappa shape index (κ3) is 8.71. The van der Waals surface area contributed by atoms with Crippen molar-refractivity contribution in [2.45, 2.75) is 70.1 Å². The summed E-state index contributed by atoms with van der Waals surface area (Å²) in [6, 6.07) is 16.2. The Bertz CT molecular complexity index is 1550. The van der Waals surface area contributed by atoms with Crippen LogP contribution in [0.4, 0.5) is 9.80 Å². The Morgan fingerprint density at radius 3 is 2.40 bits per heavy atom. The number of aromatic hydroxyl groups is 1. The molecule has 1 aliphatic heterocycles. The van der Waals surface area contributed by atoms with Gasteiger partial charge in [-0.05, 0) is 67.6 Å². The number of quaternary nitrogens is 1. The number of phenols is 1. The number of benzene rings is 2. The van der Waals surface area contributed by atoms with E-state index in [1.807, 2.05) is 24.3 Å². The van der Waals surface area contributed by atoms with E-state index >= 15 is 0 Å². The highest BCUT2D eigenvalue weighted by Crippen LogP contribution is 2.27. The van der Waals surface area contributed by atoms with Crippen molar-refractivity contribution in [3.63, 3.8) is 0 Å². The van der Waals surface area contributed by atoms with Crippen LogP contribution in [0.5, 0.6) is 5.75 Å². The fraction of sp³-hybridized carbons (Fsp3) is 0.412. The number of primary amides is 1. The van der Waals surface area contributed by atoms with Gasteiger partial charge >= 0.3 is 12.0 Å². The molecule has 1 saturated heterocycles. The summed E-state index contributed by atoms with van der Waals surface area (Å²) in [6.45, 7) is 2.17. The number of carbonyl (C=O) groups is 3. The lowest BCUT2D eigenvalue weighted by Crippen LogP contribution is -2.56. The number of hydrogen-bond donors (Lipinski definition) is 3. The number of rotatable bonds is 9. The third-order valence-corrected chi connectivity index (χ3v) is 9.87. The number of ether oxygens (including phenoxy) is 1. The number of amides is 3. The summed E-state index contributed by atoms with van der Waals surface area (Å²) in [7, 11) is 2.15. The monoisotopic (exact) mass is 652 g/mol. The number of halogens is 1. The largest absolute Gasteiger partial charge is 0.508 e. The molecule has 9 nitrogen and oxygen atoms in total. The molecule has 45 heavy (non-hydrogen) atoms. The zero-order valence-electron chi connectivity index (χ0n) is 25.5. The van der Waals surface area contributed by atoms with Gasteiger partial charge in [0.15, 0.2) is 11.0 Å². The normalized spacial score (nSPS) is 20.7. The van der Waals surface area contributed by atoms with Crippen LogP contribution in [0.25, 0.3) is 0 Å². The molecule has 2 atom stereocenters. The van der Waals surface area contributed by atoms with Crippen molar-refractivity contribution in [3.05, 3.63) is 81.7 Å². The first-order valence-corrected chi connectivity index (χ1v) is 16.7. The number of hydrogen-bond acceptors (Lipinski definition) is 6. The number of carbonyl (C=O) groups excluding carboxylic acids is 3. The maximum absolute atomic E-state index is 14.1. The molecule has 2 heterocycles. The van der Waals surface area contributed by atoms with E-state index in [0.717, 1.165) is 79.8 Å². The minimum Gasteiger partial charge on any atom is -0.508 e. The Labute approximate surface area is 272 Å². The van der Waals surface area contributed by atoms with E-state index in [1.165, 1.54) is 4.58 Å². The molecule has 2 aliphatic rings. The zero-order valence-corrected chi connectivity index (χ0v) is 27.1. The number of urea groups is 1. The van der Waals surface area contributed by atoms with E-state index in [2.05, 4.69) is 12.4 Å². The summed E-state index contributed by atoms with van der Waals surface area (Å²) in [5, 5.41) is 13.9. The average molecular weight is 653 g/mol. The van der Waals surface area contributed by atoms with Gasteiger partial charge in [0.25, 0.3) is 5.91 Å². The molecular formula is C34H41ClN4O5S+2. The zero-order chi connectivity index (χ0) is 32.0. The smallest absolute Gasteiger partial charge is 0.497 e. The van der Waals surface area contributed by atoms with E-state index in [9.17, 15) is 19.5 Å². The van der Waals surface area contributed by atoms with Crippen LogP contribution < -0.4 is 11.1 Å². The Morgan fingerprint density at radius 2 is 1.71 bits per heavy atom. The van der Waals surface area contributed by atoms with Gasteiger partial charge in [-0.3, -0.25) is 4.79 Å². The quantitative estimate of drug-likeness (QED) is 0.146. The summed E-state index contributed by atoms with van der Waals surface area (Å²) >= 11 is 7.26. The van der Waals surface area contributed by atoms with Gasteiger partial charge in [0.05, 0.1) is 13.6 Å². The highest BCUT2D eigenvalue weighted by Gasteiger charge is 2.39. The molecule has 238 valence electrons. The van der Waals surface area contributed by atoms with Gasteiger partial charge in [0, 0.05) is 29.8 Å². The summed E-state index contributed by atoms with van der Waals surface area (Å²) in [5.74, 6) is -0.911. The predicted molar refractivity (Wildman–Crippen MR) is 176 cm³/mol. The molecule has 3 aromatic rings. The van der Waals surface area contributed by atoms with Crippen molar-refractivity contribution in [2.75, 3.05) is 25.5 Å². The van der Waals surface area contributed by atoms with Crippen LogP contribution in [0, 0.1) is 0 Å². The van der Waals surface area contributed by atoms with Crippen molar-refractivity contribution >= 4 is 51.6 Å². The molecule has 1 unspecified atom stereocenters. The minimum atomic E-state index is -0.970. The van der Waals surface area contributed by atoms with Gasteiger partial charge in [-0.15, -0.1) is 0 Å². The molecule has 1 aliphatic carbocycles. The molecule has 11 heteroatoms. The highest BCUT2D eigenvalue weighted by molar-refractivity contribution is 7.18. The molecule has 0 bridgehead atoms. The number of likely N-dealkylation sites (tertiary alicyclic amines) is 1. The van der Waals surface area contributed by atoms with E-state index < -0.39 is 18.0 Å². The number of nitrogens with zero attached hydrogens (tertiary/aromatic N) is 2. The molecule has 0 radical (unpaired) electrons. The van der Waals surface area contributed by atoms with Crippen molar-refractivity contribution < 1.29 is 33.3 Å². The fourth-order valence-electron chi connectivity index (χ4n) is 6.38. The van der Waals surface area contributed by atoms with Crippen LogP contribution in [0.1, 0.15) is 65.7 Å². The summed E-state index contributed by atoms with van der Waals surface area (Å²) in [6.07, 6.45) is 6.59. The second-order valence-corrected chi connectivity index (χ2v) is 13.9. The van der Waals surface area contributed by atoms with Crippen molar-refractivity contribution in [1.29, 1.82) is 0 Å². The number of nitrogens with two attached hydrogens (primary N) is 1. The van der Waals surface area contributed by atoms with E-state index in [0.29, 0.717) is 32.3 Å². The van der Waals surface area contributed by atoms with Crippen LogP contribution in [0.2, 0.25) is 5.02 Å². The number of thiophene rings is 1. The van der Waals surface area contributed by atoms with Gasteiger partial charge in [0.1, 0.15) is 35.5 Å². The molecule has 2 fully saturated rings. The summed E-state index contributed by atoms with van der Waals surface area (Å²) in [5.41, 5.74) is 8.69. The maximum atomic E-state index is 14.1. The van der Waals surface area contributed by atoms with E-state index in [4.69, 9.17) is 22.1 Å². The van der Waals surface area contributed by atoms with Crippen molar-refractivity contribution in [1.82, 2.24) is 0 Å². The van der Waals surface area contributed by atoms with Gasteiger partial charge in [-0.2, -0.15) is 14.7 Å². The highest BCUT2D eigenvalue weighted by atomic mass is 35.5. The second kappa shape index (κ2) is 14.6. The van der Waals surface area contributed by atoms with Gasteiger partial charge in [-0.1, -0.05) is 53.6 Å². The van der Waals surface area contributed by atoms with Crippen LogP contribution in [0.15, 0.2) is 60.7 Å². The number of phenolic OH excluding ortho intramolecular Hbond substituents is 1. The van der Waals surface area contributed by atoms with Gasteiger partial charge in [0.2, 0.25) is 0 Å². The number of nitrogens with one attached hydrogen (secondary N) is 1. The van der Waals surface area contributed by atoms with Gasteiger partial charge in [-0.25, -0.2) is 4.79 Å². The average Bonchev–Trinajstić information content (AvgIpc) is 3.48. The molecule has 1 aromatic heterocycles. The lowest BCUT2D eigenvalue weighted by molar-refractivity contribution is -0.918. The SMILES string of the molecule is C[N+]1(Cc2ccc(Cl)cc2)CCC/C(=[N+](/C(=O)Nc2ccc(C(=O)OC3CCCCC3)s2)[C@@H](Cc2ccc(O)cc2)C(N)=O)C1. The van der Waals surface area contributed by atoms with Crippen molar-refractivity contribution in [2.24, 2.45) is 5.73 Å². The number of anilines is 1. The molecule has 4 N–H and O–H groups in total. The Morgan fingerprint density at radius 1 is 1.02 bits per heavy atom. The first kappa shape index (κ1) is 32.7.